The molecule has 52 heavy (non-hydrogen) atoms. The molecule has 14 nitrogen and oxygen atoms in total. The van der Waals surface area contributed by atoms with Gasteiger partial charge in [0.1, 0.15) is 29.7 Å². The SMILES string of the molecule is CC[C@H]1OC(=O)[C@H](C)[C@@H](O[C@H]2C[C@@](C)(OC)[C@@H](O)[C@H](C)O2)[C@H](C)[C@@H](O[C@@H]2O[C@H](C)C[C@H](N(C)C)[C@H]2O)[C@](C)(O)C[C@@H](C)C(=O)[C@H](C)[C@@H](O)[C@]1(C)O.[Ag]. The summed E-state index contributed by atoms with van der Waals surface area (Å²) in [5, 5.41) is 57.6. The molecule has 3 fully saturated rings. The minimum absolute atomic E-state index is 0. The van der Waals surface area contributed by atoms with Gasteiger partial charge in [0.2, 0.25) is 0 Å². The minimum Gasteiger partial charge on any atom is -0.459 e. The molecule has 3 aliphatic heterocycles. The average Bonchev–Trinajstić information content (AvgIpc) is 3.05. The number of aliphatic hydroxyl groups is 5. The van der Waals surface area contributed by atoms with Crippen LogP contribution in [0, 0.1) is 23.7 Å². The normalized spacial score (nSPS) is 48.8. The monoisotopic (exact) mass is 840 g/mol. The standard InChI is InChI=1S/C37H67NO13.Ag/c1-14-25-37(10,45)30(41)20(4)27(39)18(2)16-35(8,44)32(51-34-28(40)24(38(11)12)15-19(3)47-34)21(5)29(22(6)33(43)49-25)50-26-17-36(9,46-13)31(42)23(7)48-26;/h18-26,28-32,34,40-42,44-45H,14-17H2,1-13H3;/t18-,19-,20+,21+,22-,23+,24+,25-,26+,28-,29+,30-,31+,32-,34+,35-,36-,37-;/m1./s1. The van der Waals surface area contributed by atoms with Crippen molar-refractivity contribution < 1.29 is 85.9 Å². The van der Waals surface area contributed by atoms with Gasteiger partial charge < -0.3 is 58.9 Å². The van der Waals surface area contributed by atoms with E-state index in [0.717, 1.165) is 0 Å². The van der Waals surface area contributed by atoms with Gasteiger partial charge in [-0.15, -0.1) is 0 Å². The number of cyclic esters (lactones) is 1. The quantitative estimate of drug-likeness (QED) is 0.184. The van der Waals surface area contributed by atoms with E-state index in [-0.39, 0.29) is 53.8 Å². The Morgan fingerprint density at radius 3 is 2.02 bits per heavy atom. The van der Waals surface area contributed by atoms with Crippen LogP contribution in [-0.2, 0) is 60.4 Å². The van der Waals surface area contributed by atoms with E-state index in [9.17, 15) is 35.1 Å². The van der Waals surface area contributed by atoms with Gasteiger partial charge in [0, 0.05) is 59.7 Å². The molecule has 15 heteroatoms. The van der Waals surface area contributed by atoms with Crippen molar-refractivity contribution in [3.8, 4) is 0 Å². The molecule has 0 saturated carbocycles. The number of carbonyl (C=O) groups excluding carboxylic acids is 2. The van der Waals surface area contributed by atoms with E-state index in [1.165, 1.54) is 27.9 Å². The van der Waals surface area contributed by atoms with Crippen molar-refractivity contribution in [1.29, 1.82) is 0 Å². The molecule has 0 aromatic heterocycles. The van der Waals surface area contributed by atoms with Gasteiger partial charge in [0.15, 0.2) is 12.6 Å². The summed E-state index contributed by atoms with van der Waals surface area (Å²) in [5.41, 5.74) is -4.84. The summed E-state index contributed by atoms with van der Waals surface area (Å²) in [6.45, 7) is 16.3. The van der Waals surface area contributed by atoms with Crippen LogP contribution in [0.25, 0.3) is 0 Å². The zero-order chi connectivity index (χ0) is 39.0. The molecular formula is C37H67AgNO13. The molecule has 309 valence electrons. The van der Waals surface area contributed by atoms with Crippen molar-refractivity contribution in [1.82, 2.24) is 4.90 Å². The number of likely N-dealkylation sites (N-methyl/N-ethyl adjacent to an activating group) is 1. The summed E-state index contributed by atoms with van der Waals surface area (Å²) in [4.78, 5) is 29.8. The first-order valence-electron chi connectivity index (χ1n) is 18.5. The topological polar surface area (TPSA) is 194 Å². The second kappa shape index (κ2) is 18.6. The summed E-state index contributed by atoms with van der Waals surface area (Å²) >= 11 is 0. The number of nitrogens with zero attached hydrogens (tertiary/aromatic N) is 1. The molecule has 0 aromatic rings. The zero-order valence-electron chi connectivity index (χ0n) is 33.2. The van der Waals surface area contributed by atoms with Gasteiger partial charge in [-0.2, -0.15) is 0 Å². The van der Waals surface area contributed by atoms with Crippen molar-refractivity contribution in [3.63, 3.8) is 0 Å². The van der Waals surface area contributed by atoms with E-state index < -0.39 is 108 Å². The molecule has 0 amide bonds. The van der Waals surface area contributed by atoms with Crippen molar-refractivity contribution in [2.45, 2.75) is 179 Å². The molecule has 0 bridgehead atoms. The van der Waals surface area contributed by atoms with Gasteiger partial charge in [-0.05, 0) is 74.9 Å². The third-order valence-electron chi connectivity index (χ3n) is 11.8. The molecule has 0 spiro atoms. The van der Waals surface area contributed by atoms with Gasteiger partial charge >= 0.3 is 5.97 Å². The van der Waals surface area contributed by atoms with E-state index in [0.29, 0.717) is 6.42 Å². The van der Waals surface area contributed by atoms with Crippen LogP contribution in [0.1, 0.15) is 94.9 Å². The third kappa shape index (κ3) is 10.2. The minimum atomic E-state index is -1.99. The van der Waals surface area contributed by atoms with Crippen molar-refractivity contribution in [2.75, 3.05) is 21.2 Å². The van der Waals surface area contributed by atoms with Crippen LogP contribution in [-0.4, -0.2) is 148 Å². The largest absolute Gasteiger partial charge is 0.459 e. The van der Waals surface area contributed by atoms with E-state index in [2.05, 4.69) is 0 Å². The first-order chi connectivity index (χ1) is 23.4. The summed E-state index contributed by atoms with van der Waals surface area (Å²) in [6, 6.07) is -0.324. The first kappa shape index (κ1) is 47.6. The summed E-state index contributed by atoms with van der Waals surface area (Å²) in [6.07, 6.45) is -9.71. The maximum absolute atomic E-state index is 14.1. The summed E-state index contributed by atoms with van der Waals surface area (Å²) in [7, 11) is 5.18. The Hall–Kier alpha value is -0.560. The Morgan fingerprint density at radius 1 is 0.885 bits per heavy atom. The predicted molar refractivity (Wildman–Crippen MR) is 186 cm³/mol. The smallest absolute Gasteiger partial charge is 0.311 e. The number of rotatable bonds is 7. The molecule has 3 heterocycles. The molecule has 0 aromatic carbocycles. The van der Waals surface area contributed by atoms with Crippen LogP contribution in [0.15, 0.2) is 0 Å². The molecule has 1 radical (unpaired) electrons. The molecule has 3 aliphatic rings. The van der Waals surface area contributed by atoms with Gasteiger partial charge in [-0.1, -0.05) is 27.7 Å². The van der Waals surface area contributed by atoms with Gasteiger partial charge in [0.05, 0.1) is 47.6 Å². The Kier molecular flexibility index (Phi) is 17.0. The van der Waals surface area contributed by atoms with Gasteiger partial charge in [0.25, 0.3) is 0 Å². The molecule has 3 saturated heterocycles. The number of methoxy groups -OCH3 is 1. The summed E-state index contributed by atoms with van der Waals surface area (Å²) in [5.74, 6) is -4.98. The Labute approximate surface area is 325 Å². The van der Waals surface area contributed by atoms with Crippen LogP contribution in [0.3, 0.4) is 0 Å². The molecule has 5 N–H and O–H groups in total. The number of hydrogen-bond acceptors (Lipinski definition) is 14. The van der Waals surface area contributed by atoms with E-state index in [1.54, 1.807) is 41.5 Å². The van der Waals surface area contributed by atoms with Crippen LogP contribution in [0.4, 0.5) is 0 Å². The first-order valence-corrected chi connectivity index (χ1v) is 18.5. The Bertz CT molecular complexity index is 1170. The van der Waals surface area contributed by atoms with Crippen molar-refractivity contribution in [2.24, 2.45) is 23.7 Å². The Morgan fingerprint density at radius 2 is 1.48 bits per heavy atom. The number of carbonyl (C=O) groups is 2. The summed E-state index contributed by atoms with van der Waals surface area (Å²) < 4.78 is 37.1. The van der Waals surface area contributed by atoms with E-state index in [1.807, 2.05) is 25.9 Å². The van der Waals surface area contributed by atoms with Gasteiger partial charge in [-0.3, -0.25) is 9.59 Å². The second-order valence-corrected chi connectivity index (χ2v) is 16.5. The molecular weight excluding hydrogens is 774 g/mol. The fraction of sp³-hybridized carbons (Fsp3) is 0.946. The van der Waals surface area contributed by atoms with Gasteiger partial charge in [-0.25, -0.2) is 0 Å². The number of ether oxygens (including phenoxy) is 6. The number of esters is 1. The predicted octanol–water partition coefficient (Wildman–Crippen LogP) is 1.78. The number of ketones is 1. The van der Waals surface area contributed by atoms with Crippen LogP contribution in [0.2, 0.25) is 0 Å². The fourth-order valence-electron chi connectivity index (χ4n) is 8.41. The van der Waals surface area contributed by atoms with Crippen molar-refractivity contribution in [3.05, 3.63) is 0 Å². The Balaban J connectivity index is 0.00000936. The van der Waals surface area contributed by atoms with Crippen molar-refractivity contribution >= 4 is 11.8 Å². The molecule has 18 atom stereocenters. The molecule has 0 unspecified atom stereocenters. The third-order valence-corrected chi connectivity index (χ3v) is 11.8. The maximum atomic E-state index is 14.1. The number of Topliss-reactive ketones (excluding diaryl/α,β-unsaturated/α-hetero) is 1. The second-order valence-electron chi connectivity index (χ2n) is 16.5. The fourth-order valence-corrected chi connectivity index (χ4v) is 8.41. The average molecular weight is 842 g/mol. The zero-order valence-corrected chi connectivity index (χ0v) is 34.7. The van der Waals surface area contributed by atoms with Crippen LogP contribution >= 0.6 is 0 Å². The van der Waals surface area contributed by atoms with Crippen LogP contribution in [0.5, 0.6) is 0 Å². The van der Waals surface area contributed by atoms with E-state index >= 15 is 0 Å². The molecule has 0 aliphatic carbocycles. The van der Waals surface area contributed by atoms with Crippen LogP contribution < -0.4 is 0 Å². The molecule has 3 rings (SSSR count). The van der Waals surface area contributed by atoms with E-state index in [4.69, 9.17) is 28.4 Å². The number of hydrogen-bond donors (Lipinski definition) is 5. The number of aliphatic hydroxyl groups excluding tert-OH is 3. The maximum Gasteiger partial charge on any atom is 0.311 e.